The molecule has 0 aliphatic rings. The van der Waals surface area contributed by atoms with Crippen LogP contribution in [0.3, 0.4) is 0 Å². The minimum Gasteiger partial charge on any atom is -0.398 e. The number of nitrogens with two attached hydrogens (primary N) is 1. The predicted molar refractivity (Wildman–Crippen MR) is 76.7 cm³/mol. The SMILES string of the molecule is Cc1c(N)cc(Cl)cc1S(=O)(=O)NCc1ccncn1. The molecule has 0 atom stereocenters. The normalized spacial score (nSPS) is 11.5. The maximum atomic E-state index is 12.3. The van der Waals surface area contributed by atoms with Crippen LogP contribution < -0.4 is 10.5 Å². The molecule has 106 valence electrons. The van der Waals surface area contributed by atoms with Crippen molar-refractivity contribution in [2.24, 2.45) is 0 Å². The van der Waals surface area contributed by atoms with Crippen molar-refractivity contribution in [1.82, 2.24) is 14.7 Å². The van der Waals surface area contributed by atoms with E-state index in [2.05, 4.69) is 14.7 Å². The van der Waals surface area contributed by atoms with Gasteiger partial charge in [-0.15, -0.1) is 0 Å². The summed E-state index contributed by atoms with van der Waals surface area (Å²) in [6, 6.07) is 4.51. The third-order valence-corrected chi connectivity index (χ3v) is 4.49. The first kappa shape index (κ1) is 14.7. The van der Waals surface area contributed by atoms with Gasteiger partial charge in [0.2, 0.25) is 10.0 Å². The second-order valence-corrected chi connectivity index (χ2v) is 6.32. The lowest BCUT2D eigenvalue weighted by Crippen LogP contribution is -2.24. The quantitative estimate of drug-likeness (QED) is 0.834. The molecule has 0 unspecified atom stereocenters. The molecule has 6 nitrogen and oxygen atoms in total. The summed E-state index contributed by atoms with van der Waals surface area (Å²) in [7, 11) is -3.71. The van der Waals surface area contributed by atoms with Crippen LogP contribution in [0.15, 0.2) is 35.6 Å². The van der Waals surface area contributed by atoms with Gasteiger partial charge in [0, 0.05) is 16.9 Å². The Hall–Kier alpha value is -1.70. The Labute approximate surface area is 122 Å². The molecule has 3 N–H and O–H groups in total. The van der Waals surface area contributed by atoms with Gasteiger partial charge in [-0.05, 0) is 30.7 Å². The second kappa shape index (κ2) is 5.74. The van der Waals surface area contributed by atoms with Crippen molar-refractivity contribution in [2.45, 2.75) is 18.4 Å². The third kappa shape index (κ3) is 3.24. The monoisotopic (exact) mass is 312 g/mol. The van der Waals surface area contributed by atoms with E-state index in [1.54, 1.807) is 19.2 Å². The Kier molecular flexibility index (Phi) is 4.22. The topological polar surface area (TPSA) is 98.0 Å². The molecule has 0 spiro atoms. The molecule has 20 heavy (non-hydrogen) atoms. The standard InChI is InChI=1S/C12H13ClN4O2S/c1-8-11(14)4-9(13)5-12(8)20(18,19)17-6-10-2-3-15-7-16-10/h2-5,7,17H,6,14H2,1H3. The zero-order valence-electron chi connectivity index (χ0n) is 10.7. The Morgan fingerprint density at radius 1 is 1.40 bits per heavy atom. The zero-order valence-corrected chi connectivity index (χ0v) is 12.2. The van der Waals surface area contributed by atoms with E-state index in [1.165, 1.54) is 18.5 Å². The molecule has 0 radical (unpaired) electrons. The van der Waals surface area contributed by atoms with Gasteiger partial charge in [0.25, 0.3) is 0 Å². The summed E-state index contributed by atoms with van der Waals surface area (Å²) in [6.45, 7) is 1.70. The molecular weight excluding hydrogens is 300 g/mol. The number of nitrogens with one attached hydrogen (secondary N) is 1. The van der Waals surface area contributed by atoms with Crippen LogP contribution in [0.4, 0.5) is 5.69 Å². The molecule has 2 aromatic rings. The third-order valence-electron chi connectivity index (χ3n) is 2.74. The van der Waals surface area contributed by atoms with Crippen molar-refractivity contribution in [3.63, 3.8) is 0 Å². The first-order valence-corrected chi connectivity index (χ1v) is 7.56. The summed E-state index contributed by atoms with van der Waals surface area (Å²) >= 11 is 5.85. The Bertz CT molecular complexity index is 720. The fraction of sp³-hybridized carbons (Fsp3) is 0.167. The van der Waals surface area contributed by atoms with Gasteiger partial charge in [0.15, 0.2) is 0 Å². The number of aromatic nitrogens is 2. The van der Waals surface area contributed by atoms with Crippen LogP contribution in [0.5, 0.6) is 0 Å². The highest BCUT2D eigenvalue weighted by Crippen LogP contribution is 2.25. The number of hydrogen-bond acceptors (Lipinski definition) is 5. The van der Waals surface area contributed by atoms with E-state index < -0.39 is 10.0 Å². The second-order valence-electron chi connectivity index (χ2n) is 4.14. The lowest BCUT2D eigenvalue weighted by molar-refractivity contribution is 0.579. The maximum absolute atomic E-state index is 12.3. The summed E-state index contributed by atoms with van der Waals surface area (Å²) in [4.78, 5) is 7.77. The molecule has 1 aromatic carbocycles. The average Bonchev–Trinajstić information content (AvgIpc) is 2.42. The average molecular weight is 313 g/mol. The number of anilines is 1. The highest BCUT2D eigenvalue weighted by molar-refractivity contribution is 7.89. The van der Waals surface area contributed by atoms with E-state index >= 15 is 0 Å². The largest absolute Gasteiger partial charge is 0.398 e. The van der Waals surface area contributed by atoms with Gasteiger partial charge < -0.3 is 5.73 Å². The molecule has 0 saturated carbocycles. The Morgan fingerprint density at radius 2 is 2.15 bits per heavy atom. The van der Waals surface area contributed by atoms with E-state index in [9.17, 15) is 8.42 Å². The fourth-order valence-electron chi connectivity index (χ4n) is 1.62. The highest BCUT2D eigenvalue weighted by Gasteiger charge is 2.19. The number of sulfonamides is 1. The van der Waals surface area contributed by atoms with Crippen molar-refractivity contribution in [2.75, 3.05) is 5.73 Å². The lowest BCUT2D eigenvalue weighted by atomic mass is 10.2. The number of hydrogen-bond donors (Lipinski definition) is 2. The van der Waals surface area contributed by atoms with Crippen LogP contribution in [-0.4, -0.2) is 18.4 Å². The van der Waals surface area contributed by atoms with Gasteiger partial charge in [-0.25, -0.2) is 23.1 Å². The van der Waals surface area contributed by atoms with Crippen LogP contribution >= 0.6 is 11.6 Å². The zero-order chi connectivity index (χ0) is 14.8. The van der Waals surface area contributed by atoms with E-state index in [-0.39, 0.29) is 16.5 Å². The smallest absolute Gasteiger partial charge is 0.241 e. The molecule has 0 aliphatic carbocycles. The van der Waals surface area contributed by atoms with Gasteiger partial charge in [0.05, 0.1) is 17.1 Å². The minimum absolute atomic E-state index is 0.0662. The number of nitrogen functional groups attached to an aromatic ring is 1. The first-order chi connectivity index (χ1) is 9.40. The van der Waals surface area contributed by atoms with E-state index in [0.717, 1.165) is 0 Å². The number of benzene rings is 1. The van der Waals surface area contributed by atoms with Crippen LogP contribution in [0.1, 0.15) is 11.3 Å². The van der Waals surface area contributed by atoms with Crippen molar-refractivity contribution in [3.05, 3.63) is 47.0 Å². The summed E-state index contributed by atoms with van der Waals surface area (Å²) in [5, 5.41) is 0.274. The van der Waals surface area contributed by atoms with Crippen LogP contribution in [0.25, 0.3) is 0 Å². The van der Waals surface area contributed by atoms with Crippen LogP contribution in [0, 0.1) is 6.92 Å². The molecule has 2 rings (SSSR count). The van der Waals surface area contributed by atoms with E-state index in [1.807, 2.05) is 0 Å². The van der Waals surface area contributed by atoms with Crippen molar-refractivity contribution >= 4 is 27.3 Å². The molecule has 0 saturated heterocycles. The molecular formula is C12H13ClN4O2S. The van der Waals surface area contributed by atoms with Gasteiger partial charge in [-0.3, -0.25) is 0 Å². The molecule has 1 aromatic heterocycles. The lowest BCUT2D eigenvalue weighted by Gasteiger charge is -2.11. The van der Waals surface area contributed by atoms with Gasteiger partial charge >= 0.3 is 0 Å². The van der Waals surface area contributed by atoms with E-state index in [4.69, 9.17) is 17.3 Å². The first-order valence-electron chi connectivity index (χ1n) is 5.70. The predicted octanol–water partition coefficient (Wildman–Crippen LogP) is 1.50. The van der Waals surface area contributed by atoms with Crippen molar-refractivity contribution < 1.29 is 8.42 Å². The molecule has 1 heterocycles. The van der Waals surface area contributed by atoms with Crippen LogP contribution in [-0.2, 0) is 16.6 Å². The fourth-order valence-corrected chi connectivity index (χ4v) is 3.21. The number of nitrogens with zero attached hydrogens (tertiary/aromatic N) is 2. The van der Waals surface area contributed by atoms with Crippen LogP contribution in [0.2, 0.25) is 5.02 Å². The number of rotatable bonds is 4. The van der Waals surface area contributed by atoms with Gasteiger partial charge in [-0.2, -0.15) is 0 Å². The highest BCUT2D eigenvalue weighted by atomic mass is 35.5. The molecule has 0 bridgehead atoms. The summed E-state index contributed by atoms with van der Waals surface area (Å²) < 4.78 is 27.0. The Balaban J connectivity index is 2.27. The molecule has 8 heteroatoms. The summed E-state index contributed by atoms with van der Waals surface area (Å²) in [5.74, 6) is 0. The molecule has 0 aliphatic heterocycles. The molecule has 0 fully saturated rings. The minimum atomic E-state index is -3.71. The molecule has 0 amide bonds. The Morgan fingerprint density at radius 3 is 2.80 bits per heavy atom. The summed E-state index contributed by atoms with van der Waals surface area (Å²) in [6.07, 6.45) is 2.89. The number of halogens is 1. The maximum Gasteiger partial charge on any atom is 0.241 e. The van der Waals surface area contributed by atoms with E-state index in [0.29, 0.717) is 16.9 Å². The van der Waals surface area contributed by atoms with Gasteiger partial charge in [-0.1, -0.05) is 11.6 Å². The van der Waals surface area contributed by atoms with Gasteiger partial charge in [0.1, 0.15) is 6.33 Å². The summed E-state index contributed by atoms with van der Waals surface area (Å²) in [5.41, 5.74) is 7.09. The van der Waals surface area contributed by atoms with Crippen molar-refractivity contribution in [3.8, 4) is 0 Å². The van der Waals surface area contributed by atoms with Crippen molar-refractivity contribution in [1.29, 1.82) is 0 Å².